The van der Waals surface area contributed by atoms with Crippen LogP contribution in [0.25, 0.3) is 10.2 Å². The van der Waals surface area contributed by atoms with Crippen molar-refractivity contribution >= 4 is 32.6 Å². The standard InChI is InChI=1S/C24H23N3O2S/c1-4-29-20-10-8-18(9-11-20)23(28)27(15-19-7-5-6-12-25-19)24-26-22-17(3)13-16(2)14-21(22)30-24/h5-14H,4,15H2,1-3H3. The minimum atomic E-state index is -0.114. The number of ether oxygens (including phenoxy) is 1. The number of anilines is 1. The third-order valence-corrected chi connectivity index (χ3v) is 5.78. The Kier molecular flexibility index (Phi) is 5.77. The molecule has 0 saturated carbocycles. The summed E-state index contributed by atoms with van der Waals surface area (Å²) in [5.41, 5.74) is 4.62. The second-order valence-corrected chi connectivity index (χ2v) is 8.10. The third kappa shape index (κ3) is 4.19. The fourth-order valence-electron chi connectivity index (χ4n) is 3.37. The number of hydrogen-bond donors (Lipinski definition) is 0. The Morgan fingerprint density at radius 1 is 1.10 bits per heavy atom. The Morgan fingerprint density at radius 2 is 1.90 bits per heavy atom. The number of benzene rings is 2. The summed E-state index contributed by atoms with van der Waals surface area (Å²) in [4.78, 5) is 24.4. The Bertz CT molecular complexity index is 1170. The average Bonchev–Trinajstić information content (AvgIpc) is 3.17. The van der Waals surface area contributed by atoms with Gasteiger partial charge in [-0.25, -0.2) is 4.98 Å². The predicted molar refractivity (Wildman–Crippen MR) is 121 cm³/mol. The summed E-state index contributed by atoms with van der Waals surface area (Å²) < 4.78 is 6.58. The summed E-state index contributed by atoms with van der Waals surface area (Å²) in [6.45, 7) is 7.00. The molecule has 1 amide bonds. The molecule has 2 heterocycles. The van der Waals surface area contributed by atoms with Gasteiger partial charge >= 0.3 is 0 Å². The maximum atomic E-state index is 13.5. The minimum absolute atomic E-state index is 0.114. The number of fused-ring (bicyclic) bond motifs is 1. The molecule has 0 unspecified atom stereocenters. The van der Waals surface area contributed by atoms with Gasteiger partial charge in [0.25, 0.3) is 5.91 Å². The number of aryl methyl sites for hydroxylation is 2. The second-order valence-electron chi connectivity index (χ2n) is 7.09. The SMILES string of the molecule is CCOc1ccc(C(=O)N(Cc2ccccn2)c2nc3c(C)cc(C)cc3s2)cc1. The maximum absolute atomic E-state index is 13.5. The molecule has 30 heavy (non-hydrogen) atoms. The van der Waals surface area contributed by atoms with Gasteiger partial charge in [0, 0.05) is 11.8 Å². The zero-order valence-electron chi connectivity index (χ0n) is 17.3. The van der Waals surface area contributed by atoms with Crippen LogP contribution in [0.1, 0.15) is 34.1 Å². The summed E-state index contributed by atoms with van der Waals surface area (Å²) in [5, 5.41) is 0.670. The van der Waals surface area contributed by atoms with Crippen molar-refractivity contribution in [1.82, 2.24) is 9.97 Å². The van der Waals surface area contributed by atoms with Gasteiger partial charge in [0.05, 0.1) is 29.1 Å². The van der Waals surface area contributed by atoms with Gasteiger partial charge in [0.1, 0.15) is 5.75 Å². The van der Waals surface area contributed by atoms with Crippen LogP contribution in [0.5, 0.6) is 5.75 Å². The molecule has 0 aliphatic rings. The van der Waals surface area contributed by atoms with Gasteiger partial charge in [-0.05, 0) is 74.4 Å². The van der Waals surface area contributed by atoms with E-state index in [-0.39, 0.29) is 5.91 Å². The van der Waals surface area contributed by atoms with Crippen LogP contribution in [0.15, 0.2) is 60.8 Å². The van der Waals surface area contributed by atoms with Crippen LogP contribution in [0.4, 0.5) is 5.13 Å². The van der Waals surface area contributed by atoms with E-state index in [1.165, 1.54) is 16.9 Å². The summed E-state index contributed by atoms with van der Waals surface area (Å²) in [7, 11) is 0. The highest BCUT2D eigenvalue weighted by Crippen LogP contribution is 2.33. The molecule has 0 saturated heterocycles. The van der Waals surface area contributed by atoms with Gasteiger partial charge in [0.15, 0.2) is 5.13 Å². The fraction of sp³-hybridized carbons (Fsp3) is 0.208. The van der Waals surface area contributed by atoms with Crippen molar-refractivity contribution in [2.24, 2.45) is 0 Å². The summed E-state index contributed by atoms with van der Waals surface area (Å²) in [5.74, 6) is 0.633. The van der Waals surface area contributed by atoms with E-state index in [0.29, 0.717) is 23.8 Å². The second kappa shape index (κ2) is 8.63. The lowest BCUT2D eigenvalue weighted by atomic mass is 10.1. The lowest BCUT2D eigenvalue weighted by molar-refractivity contribution is 0.0985. The van der Waals surface area contributed by atoms with Crippen molar-refractivity contribution in [2.75, 3.05) is 11.5 Å². The third-order valence-electron chi connectivity index (χ3n) is 4.75. The fourth-order valence-corrected chi connectivity index (χ4v) is 4.51. The van der Waals surface area contributed by atoms with Crippen molar-refractivity contribution in [1.29, 1.82) is 0 Å². The van der Waals surface area contributed by atoms with Crippen molar-refractivity contribution in [3.63, 3.8) is 0 Å². The van der Waals surface area contributed by atoms with E-state index in [2.05, 4.69) is 31.0 Å². The van der Waals surface area contributed by atoms with Crippen LogP contribution in [0.2, 0.25) is 0 Å². The zero-order chi connectivity index (χ0) is 21.1. The van der Waals surface area contributed by atoms with Crippen LogP contribution in [0.3, 0.4) is 0 Å². The summed E-state index contributed by atoms with van der Waals surface area (Å²) in [6.07, 6.45) is 1.74. The first-order chi connectivity index (χ1) is 14.5. The first-order valence-electron chi connectivity index (χ1n) is 9.87. The molecule has 0 radical (unpaired) electrons. The van der Waals surface area contributed by atoms with E-state index in [1.54, 1.807) is 23.2 Å². The van der Waals surface area contributed by atoms with E-state index in [9.17, 15) is 4.79 Å². The van der Waals surface area contributed by atoms with Crippen LogP contribution < -0.4 is 9.64 Å². The normalized spacial score (nSPS) is 10.9. The molecule has 0 aliphatic carbocycles. The van der Waals surface area contributed by atoms with E-state index in [1.807, 2.05) is 37.3 Å². The number of thiazole rings is 1. The van der Waals surface area contributed by atoms with Crippen LogP contribution in [-0.4, -0.2) is 22.5 Å². The number of carbonyl (C=O) groups is 1. The highest BCUT2D eigenvalue weighted by Gasteiger charge is 2.23. The average molecular weight is 418 g/mol. The monoisotopic (exact) mass is 417 g/mol. The number of rotatable bonds is 6. The summed E-state index contributed by atoms with van der Waals surface area (Å²) in [6, 6.07) is 17.2. The topological polar surface area (TPSA) is 55.3 Å². The molecule has 0 bridgehead atoms. The van der Waals surface area contributed by atoms with Crippen LogP contribution >= 0.6 is 11.3 Å². The largest absolute Gasteiger partial charge is 0.494 e. The molecule has 0 spiro atoms. The lowest BCUT2D eigenvalue weighted by Crippen LogP contribution is -2.30. The number of aromatic nitrogens is 2. The number of amides is 1. The molecule has 0 atom stereocenters. The first kappa shape index (κ1) is 20.0. The molecule has 0 N–H and O–H groups in total. The molecule has 0 aliphatic heterocycles. The molecule has 6 heteroatoms. The lowest BCUT2D eigenvalue weighted by Gasteiger charge is -2.19. The van der Waals surface area contributed by atoms with Gasteiger partial charge in [-0.15, -0.1) is 0 Å². The smallest absolute Gasteiger partial charge is 0.260 e. The van der Waals surface area contributed by atoms with Gasteiger partial charge in [0.2, 0.25) is 0 Å². The number of hydrogen-bond acceptors (Lipinski definition) is 5. The molecule has 2 aromatic heterocycles. The molecule has 152 valence electrons. The minimum Gasteiger partial charge on any atom is -0.494 e. The van der Waals surface area contributed by atoms with Crippen LogP contribution in [0, 0.1) is 13.8 Å². The van der Waals surface area contributed by atoms with Crippen molar-refractivity contribution in [3.8, 4) is 5.75 Å². The highest BCUT2D eigenvalue weighted by molar-refractivity contribution is 7.22. The van der Waals surface area contributed by atoms with Crippen molar-refractivity contribution in [3.05, 3.63) is 83.2 Å². The van der Waals surface area contributed by atoms with E-state index >= 15 is 0 Å². The Morgan fingerprint density at radius 3 is 2.60 bits per heavy atom. The van der Waals surface area contributed by atoms with Crippen molar-refractivity contribution in [2.45, 2.75) is 27.3 Å². The molecule has 4 aromatic rings. The van der Waals surface area contributed by atoms with Gasteiger partial charge in [-0.2, -0.15) is 0 Å². The number of pyridine rings is 1. The Labute approximate surface area is 180 Å². The molecular formula is C24H23N3O2S. The van der Waals surface area contributed by atoms with Gasteiger partial charge in [-0.3, -0.25) is 14.7 Å². The predicted octanol–water partition coefficient (Wildman–Crippen LogP) is 5.55. The van der Waals surface area contributed by atoms with Gasteiger partial charge < -0.3 is 4.74 Å². The Balaban J connectivity index is 1.74. The van der Waals surface area contributed by atoms with E-state index in [0.717, 1.165) is 27.2 Å². The number of carbonyl (C=O) groups excluding carboxylic acids is 1. The highest BCUT2D eigenvalue weighted by atomic mass is 32.1. The molecule has 0 fully saturated rings. The summed E-state index contributed by atoms with van der Waals surface area (Å²) >= 11 is 1.53. The first-order valence-corrected chi connectivity index (χ1v) is 10.7. The molecule has 4 rings (SSSR count). The van der Waals surface area contributed by atoms with E-state index in [4.69, 9.17) is 9.72 Å². The van der Waals surface area contributed by atoms with E-state index < -0.39 is 0 Å². The van der Waals surface area contributed by atoms with Crippen LogP contribution in [-0.2, 0) is 6.54 Å². The Hall–Kier alpha value is -3.25. The quantitative estimate of drug-likeness (QED) is 0.412. The zero-order valence-corrected chi connectivity index (χ0v) is 18.1. The van der Waals surface area contributed by atoms with Gasteiger partial charge in [-0.1, -0.05) is 23.5 Å². The maximum Gasteiger partial charge on any atom is 0.260 e. The molecule has 2 aromatic carbocycles. The van der Waals surface area contributed by atoms with Crippen molar-refractivity contribution < 1.29 is 9.53 Å². The molecular weight excluding hydrogens is 394 g/mol. The molecule has 5 nitrogen and oxygen atoms in total. The number of nitrogens with zero attached hydrogens (tertiary/aromatic N) is 3.